The van der Waals surface area contributed by atoms with Crippen molar-refractivity contribution in [3.05, 3.63) is 11.4 Å². The summed E-state index contributed by atoms with van der Waals surface area (Å²) in [6, 6.07) is 0.113. The zero-order valence-corrected chi connectivity index (χ0v) is 5.39. The summed E-state index contributed by atoms with van der Waals surface area (Å²) < 4.78 is 0. The van der Waals surface area contributed by atoms with Gasteiger partial charge in [0.1, 0.15) is 6.54 Å². The lowest BCUT2D eigenvalue weighted by molar-refractivity contribution is 0.629. The predicted molar refractivity (Wildman–Crippen MR) is 36.1 cm³/mol. The van der Waals surface area contributed by atoms with Crippen LogP contribution in [0.25, 0.3) is 4.85 Å². The first-order chi connectivity index (χ1) is 4.33. The van der Waals surface area contributed by atoms with Crippen molar-refractivity contribution in [1.29, 1.82) is 0 Å². The monoisotopic (exact) mass is 123 g/mol. The van der Waals surface area contributed by atoms with Crippen LogP contribution in [-0.4, -0.2) is 18.3 Å². The van der Waals surface area contributed by atoms with E-state index in [0.717, 1.165) is 12.1 Å². The van der Waals surface area contributed by atoms with Crippen LogP contribution in [0.3, 0.4) is 0 Å². The van der Waals surface area contributed by atoms with E-state index in [1.807, 2.05) is 6.92 Å². The van der Waals surface area contributed by atoms with E-state index in [1.165, 1.54) is 0 Å². The molecule has 1 unspecified atom stereocenters. The van der Waals surface area contributed by atoms with E-state index in [9.17, 15) is 0 Å². The van der Waals surface area contributed by atoms with E-state index in [1.54, 1.807) is 0 Å². The van der Waals surface area contributed by atoms with Gasteiger partial charge in [-0.05, 0) is 6.92 Å². The SMILES string of the molecule is [C-]#[N+]C1CNN=C(C)C1. The van der Waals surface area contributed by atoms with Gasteiger partial charge in [0.05, 0.1) is 6.42 Å². The van der Waals surface area contributed by atoms with Crippen LogP contribution in [0.2, 0.25) is 0 Å². The third-order valence-corrected chi connectivity index (χ3v) is 1.31. The van der Waals surface area contributed by atoms with Crippen molar-refractivity contribution in [2.75, 3.05) is 6.54 Å². The molecule has 0 aromatic rings. The highest BCUT2D eigenvalue weighted by molar-refractivity contribution is 5.82. The molecule has 0 spiro atoms. The minimum absolute atomic E-state index is 0.113. The zero-order chi connectivity index (χ0) is 6.69. The van der Waals surface area contributed by atoms with Gasteiger partial charge < -0.3 is 10.3 Å². The van der Waals surface area contributed by atoms with E-state index in [0.29, 0.717) is 6.54 Å². The molecule has 1 rings (SSSR count). The summed E-state index contributed by atoms with van der Waals surface area (Å²) >= 11 is 0. The topological polar surface area (TPSA) is 28.8 Å². The van der Waals surface area contributed by atoms with Gasteiger partial charge in [-0.3, -0.25) is 0 Å². The molecule has 0 amide bonds. The lowest BCUT2D eigenvalue weighted by Gasteiger charge is -2.10. The Bertz CT molecular complexity index is 166. The van der Waals surface area contributed by atoms with Crippen molar-refractivity contribution in [1.82, 2.24) is 5.43 Å². The Morgan fingerprint density at radius 2 is 2.67 bits per heavy atom. The van der Waals surface area contributed by atoms with Gasteiger partial charge in [0.2, 0.25) is 6.04 Å². The number of hydrazone groups is 1. The maximum atomic E-state index is 6.72. The fourth-order valence-corrected chi connectivity index (χ4v) is 0.836. The van der Waals surface area contributed by atoms with E-state index in [2.05, 4.69) is 15.4 Å². The summed E-state index contributed by atoms with van der Waals surface area (Å²) in [6.07, 6.45) is 0.830. The quantitative estimate of drug-likeness (QED) is 0.470. The molecule has 1 N–H and O–H groups in total. The number of rotatable bonds is 0. The summed E-state index contributed by atoms with van der Waals surface area (Å²) in [5.74, 6) is 0. The second kappa shape index (κ2) is 2.49. The Kier molecular flexibility index (Phi) is 1.69. The standard InChI is InChI=1S/C6H9N3/c1-5-3-6(7-2)4-8-9-5/h6,8H,3-4H2,1H3. The van der Waals surface area contributed by atoms with Crippen LogP contribution in [-0.2, 0) is 0 Å². The largest absolute Gasteiger partial charge is 0.311 e. The Balaban J connectivity index is 2.51. The molecule has 0 radical (unpaired) electrons. The predicted octanol–water partition coefficient (Wildman–Crippen LogP) is 0.643. The normalized spacial score (nSPS) is 25.8. The molecule has 0 bridgehead atoms. The molecule has 0 aromatic carbocycles. The zero-order valence-electron chi connectivity index (χ0n) is 5.39. The third-order valence-electron chi connectivity index (χ3n) is 1.31. The molecular formula is C6H9N3. The molecule has 3 nitrogen and oxygen atoms in total. The van der Waals surface area contributed by atoms with Gasteiger partial charge >= 0.3 is 0 Å². The Hall–Kier alpha value is -1.04. The van der Waals surface area contributed by atoms with Gasteiger partial charge in [-0.1, -0.05) is 0 Å². The molecule has 1 atom stereocenters. The van der Waals surface area contributed by atoms with Crippen LogP contribution in [0.1, 0.15) is 13.3 Å². The summed E-state index contributed by atoms with van der Waals surface area (Å²) in [4.78, 5) is 3.40. The van der Waals surface area contributed by atoms with E-state index in [4.69, 9.17) is 6.57 Å². The van der Waals surface area contributed by atoms with Gasteiger partial charge in [0, 0.05) is 5.71 Å². The van der Waals surface area contributed by atoms with Crippen molar-refractivity contribution < 1.29 is 0 Å². The van der Waals surface area contributed by atoms with E-state index in [-0.39, 0.29) is 6.04 Å². The van der Waals surface area contributed by atoms with Gasteiger partial charge in [-0.2, -0.15) is 5.10 Å². The molecule has 0 aromatic heterocycles. The van der Waals surface area contributed by atoms with Crippen LogP contribution in [0.5, 0.6) is 0 Å². The highest BCUT2D eigenvalue weighted by atomic mass is 15.3. The number of hydrogen-bond acceptors (Lipinski definition) is 2. The smallest absolute Gasteiger partial charge is 0.247 e. The highest BCUT2D eigenvalue weighted by Crippen LogP contribution is 2.02. The van der Waals surface area contributed by atoms with Gasteiger partial charge in [0.15, 0.2) is 0 Å². The van der Waals surface area contributed by atoms with Crippen molar-refractivity contribution in [2.45, 2.75) is 19.4 Å². The summed E-state index contributed by atoms with van der Waals surface area (Å²) in [6.45, 7) is 9.36. The minimum atomic E-state index is 0.113. The Labute approximate surface area is 54.6 Å². The highest BCUT2D eigenvalue weighted by Gasteiger charge is 2.16. The van der Waals surface area contributed by atoms with Crippen LogP contribution in [0.4, 0.5) is 0 Å². The number of nitrogens with one attached hydrogen (secondary N) is 1. The number of hydrogen-bond donors (Lipinski definition) is 1. The van der Waals surface area contributed by atoms with Gasteiger partial charge in [-0.25, -0.2) is 6.57 Å². The lowest BCUT2D eigenvalue weighted by Crippen LogP contribution is -2.28. The van der Waals surface area contributed by atoms with Crippen LogP contribution < -0.4 is 5.43 Å². The average molecular weight is 123 g/mol. The first-order valence-corrected chi connectivity index (χ1v) is 2.95. The van der Waals surface area contributed by atoms with Crippen LogP contribution >= 0.6 is 0 Å². The first-order valence-electron chi connectivity index (χ1n) is 2.95. The molecule has 48 valence electrons. The Morgan fingerprint density at radius 3 is 3.11 bits per heavy atom. The maximum absolute atomic E-state index is 6.72. The summed E-state index contributed by atoms with van der Waals surface area (Å²) in [5, 5.41) is 3.95. The van der Waals surface area contributed by atoms with Crippen molar-refractivity contribution >= 4 is 5.71 Å². The molecule has 0 saturated carbocycles. The van der Waals surface area contributed by atoms with E-state index >= 15 is 0 Å². The first kappa shape index (κ1) is 6.09. The fourth-order valence-electron chi connectivity index (χ4n) is 0.836. The molecule has 0 saturated heterocycles. The molecule has 1 aliphatic heterocycles. The molecule has 1 heterocycles. The van der Waals surface area contributed by atoms with Crippen molar-refractivity contribution in [3.8, 4) is 0 Å². The van der Waals surface area contributed by atoms with Crippen molar-refractivity contribution in [2.24, 2.45) is 5.10 Å². The Morgan fingerprint density at radius 1 is 1.89 bits per heavy atom. The maximum Gasteiger partial charge on any atom is 0.247 e. The minimum Gasteiger partial charge on any atom is -0.311 e. The average Bonchev–Trinajstić information content (AvgIpc) is 1.88. The molecular weight excluding hydrogens is 114 g/mol. The third kappa shape index (κ3) is 1.43. The summed E-state index contributed by atoms with van der Waals surface area (Å²) in [5.41, 5.74) is 3.84. The molecule has 1 aliphatic rings. The molecule has 0 aliphatic carbocycles. The van der Waals surface area contributed by atoms with E-state index < -0.39 is 0 Å². The lowest BCUT2D eigenvalue weighted by atomic mass is 10.1. The second-order valence-corrected chi connectivity index (χ2v) is 2.20. The van der Waals surface area contributed by atoms with Gasteiger partial charge in [0.25, 0.3) is 0 Å². The number of nitrogens with zero attached hydrogens (tertiary/aromatic N) is 2. The van der Waals surface area contributed by atoms with Gasteiger partial charge in [-0.15, -0.1) is 0 Å². The van der Waals surface area contributed by atoms with Crippen LogP contribution in [0.15, 0.2) is 5.10 Å². The van der Waals surface area contributed by atoms with Crippen molar-refractivity contribution in [3.63, 3.8) is 0 Å². The molecule has 3 heteroatoms. The second-order valence-electron chi connectivity index (χ2n) is 2.20. The molecule has 0 fully saturated rings. The van der Waals surface area contributed by atoms with Crippen LogP contribution in [0, 0.1) is 6.57 Å². The summed E-state index contributed by atoms with van der Waals surface area (Å²) in [7, 11) is 0. The fraction of sp³-hybridized carbons (Fsp3) is 0.667. The molecule has 9 heavy (non-hydrogen) atoms.